The molecule has 0 aromatic heterocycles. The van der Waals surface area contributed by atoms with Crippen molar-refractivity contribution in [1.82, 2.24) is 0 Å². The quantitative estimate of drug-likeness (QED) is 0.914. The van der Waals surface area contributed by atoms with E-state index in [0.717, 1.165) is 21.5 Å². The van der Waals surface area contributed by atoms with Gasteiger partial charge < -0.3 is 10.5 Å². The number of halogens is 2. The van der Waals surface area contributed by atoms with Crippen LogP contribution >= 0.6 is 27.5 Å². The minimum absolute atomic E-state index is 0.499. The van der Waals surface area contributed by atoms with Crippen LogP contribution in [0.3, 0.4) is 0 Å². The van der Waals surface area contributed by atoms with E-state index in [4.69, 9.17) is 22.1 Å². The Morgan fingerprint density at radius 1 is 1.18 bits per heavy atom. The summed E-state index contributed by atoms with van der Waals surface area (Å²) in [6.07, 6.45) is 0. The molecule has 88 valence electrons. The minimum atomic E-state index is 0.499. The first-order valence-electron chi connectivity index (χ1n) is 5.11. The van der Waals surface area contributed by atoms with Crippen LogP contribution in [0.15, 0.2) is 46.9 Å². The van der Waals surface area contributed by atoms with E-state index in [1.54, 1.807) is 12.1 Å². The maximum Gasteiger partial charge on any atom is 0.141 e. The summed E-state index contributed by atoms with van der Waals surface area (Å²) in [5.74, 6) is 1.49. The SMILES string of the molecule is NCc1cccc(Oc2ccc(Cl)cc2Br)c1. The highest BCUT2D eigenvalue weighted by atomic mass is 79.9. The molecule has 0 aliphatic rings. The first-order chi connectivity index (χ1) is 8.19. The Bertz CT molecular complexity index is 531. The van der Waals surface area contributed by atoms with Crippen molar-refractivity contribution in [3.05, 3.63) is 57.5 Å². The van der Waals surface area contributed by atoms with E-state index in [1.807, 2.05) is 30.3 Å². The van der Waals surface area contributed by atoms with Gasteiger partial charge in [0.1, 0.15) is 11.5 Å². The second-order valence-electron chi connectivity index (χ2n) is 3.53. The Morgan fingerprint density at radius 3 is 2.71 bits per heavy atom. The van der Waals surface area contributed by atoms with Gasteiger partial charge in [0.2, 0.25) is 0 Å². The van der Waals surface area contributed by atoms with E-state index in [0.29, 0.717) is 11.6 Å². The first kappa shape index (κ1) is 12.4. The lowest BCUT2D eigenvalue weighted by Gasteiger charge is -2.08. The van der Waals surface area contributed by atoms with E-state index >= 15 is 0 Å². The lowest BCUT2D eigenvalue weighted by atomic mass is 10.2. The number of hydrogen-bond acceptors (Lipinski definition) is 2. The molecule has 0 spiro atoms. The molecule has 4 heteroatoms. The predicted octanol–water partition coefficient (Wildman–Crippen LogP) is 4.35. The van der Waals surface area contributed by atoms with Crippen LogP contribution in [0.2, 0.25) is 5.02 Å². The van der Waals surface area contributed by atoms with Crippen LogP contribution in [0.25, 0.3) is 0 Å². The van der Waals surface area contributed by atoms with E-state index < -0.39 is 0 Å². The van der Waals surface area contributed by atoms with Crippen molar-refractivity contribution in [1.29, 1.82) is 0 Å². The van der Waals surface area contributed by atoms with Gasteiger partial charge in [0, 0.05) is 11.6 Å². The van der Waals surface area contributed by atoms with Crippen molar-refractivity contribution in [2.24, 2.45) is 5.73 Å². The molecule has 0 heterocycles. The molecule has 0 aliphatic heterocycles. The molecule has 2 aromatic carbocycles. The van der Waals surface area contributed by atoms with Gasteiger partial charge in [-0.3, -0.25) is 0 Å². The number of hydrogen-bond donors (Lipinski definition) is 1. The third-order valence-corrected chi connectivity index (χ3v) is 3.11. The summed E-state index contributed by atoms with van der Waals surface area (Å²) in [5, 5.41) is 0.667. The van der Waals surface area contributed by atoms with Crippen molar-refractivity contribution in [2.75, 3.05) is 0 Å². The maximum absolute atomic E-state index is 5.87. The molecule has 2 rings (SSSR count). The van der Waals surface area contributed by atoms with Crippen molar-refractivity contribution in [3.8, 4) is 11.5 Å². The lowest BCUT2D eigenvalue weighted by Crippen LogP contribution is -1.96. The maximum atomic E-state index is 5.87. The van der Waals surface area contributed by atoms with E-state index in [-0.39, 0.29) is 0 Å². The Balaban J connectivity index is 2.25. The number of nitrogens with two attached hydrogens (primary N) is 1. The Morgan fingerprint density at radius 2 is 2.00 bits per heavy atom. The smallest absolute Gasteiger partial charge is 0.141 e. The summed E-state index contributed by atoms with van der Waals surface area (Å²) < 4.78 is 6.57. The fourth-order valence-corrected chi connectivity index (χ4v) is 2.18. The van der Waals surface area contributed by atoms with E-state index in [2.05, 4.69) is 15.9 Å². The first-order valence-corrected chi connectivity index (χ1v) is 6.28. The largest absolute Gasteiger partial charge is 0.456 e. The van der Waals surface area contributed by atoms with Gasteiger partial charge in [-0.25, -0.2) is 0 Å². The number of benzene rings is 2. The summed E-state index contributed by atoms with van der Waals surface area (Å²) in [4.78, 5) is 0. The van der Waals surface area contributed by atoms with Gasteiger partial charge in [-0.2, -0.15) is 0 Å². The molecular formula is C13H11BrClNO. The van der Waals surface area contributed by atoms with E-state index in [1.165, 1.54) is 0 Å². The van der Waals surface area contributed by atoms with Crippen LogP contribution in [-0.2, 0) is 6.54 Å². The molecule has 17 heavy (non-hydrogen) atoms. The van der Waals surface area contributed by atoms with Crippen LogP contribution in [-0.4, -0.2) is 0 Å². The van der Waals surface area contributed by atoms with Crippen LogP contribution in [0.1, 0.15) is 5.56 Å². The van der Waals surface area contributed by atoms with Crippen molar-refractivity contribution in [3.63, 3.8) is 0 Å². The monoisotopic (exact) mass is 311 g/mol. The summed E-state index contributed by atoms with van der Waals surface area (Å²) in [7, 11) is 0. The molecule has 2 N–H and O–H groups in total. The lowest BCUT2D eigenvalue weighted by molar-refractivity contribution is 0.479. The molecule has 0 aliphatic carbocycles. The molecule has 0 unspecified atom stereocenters. The topological polar surface area (TPSA) is 35.2 Å². The second-order valence-corrected chi connectivity index (χ2v) is 4.82. The second kappa shape index (κ2) is 5.54. The minimum Gasteiger partial charge on any atom is -0.456 e. The third-order valence-electron chi connectivity index (χ3n) is 2.26. The zero-order valence-corrected chi connectivity index (χ0v) is 11.3. The molecule has 0 radical (unpaired) electrons. The number of ether oxygens (including phenoxy) is 1. The molecule has 0 saturated heterocycles. The van der Waals surface area contributed by atoms with Gasteiger partial charge in [0.15, 0.2) is 0 Å². The standard InChI is InChI=1S/C13H11BrClNO/c14-12-7-10(15)4-5-13(12)17-11-3-1-2-9(6-11)8-16/h1-7H,8,16H2. The molecule has 2 nitrogen and oxygen atoms in total. The molecule has 0 amide bonds. The normalized spacial score (nSPS) is 10.3. The fraction of sp³-hybridized carbons (Fsp3) is 0.0769. The van der Waals surface area contributed by atoms with Gasteiger partial charge >= 0.3 is 0 Å². The molecule has 0 fully saturated rings. The fourth-order valence-electron chi connectivity index (χ4n) is 1.42. The molecule has 0 bridgehead atoms. The summed E-state index contributed by atoms with van der Waals surface area (Å²) in [5.41, 5.74) is 6.61. The summed E-state index contributed by atoms with van der Waals surface area (Å²) in [6, 6.07) is 13.1. The van der Waals surface area contributed by atoms with Crippen LogP contribution in [0, 0.1) is 0 Å². The zero-order valence-electron chi connectivity index (χ0n) is 8.99. The number of rotatable bonds is 3. The van der Waals surface area contributed by atoms with Gasteiger partial charge in [-0.1, -0.05) is 23.7 Å². The summed E-state index contributed by atoms with van der Waals surface area (Å²) in [6.45, 7) is 0.499. The van der Waals surface area contributed by atoms with Gasteiger partial charge in [-0.05, 0) is 51.8 Å². The average molecular weight is 313 g/mol. The average Bonchev–Trinajstić information content (AvgIpc) is 2.33. The predicted molar refractivity (Wildman–Crippen MR) is 73.6 cm³/mol. The Labute approximate surface area is 113 Å². The zero-order chi connectivity index (χ0) is 12.3. The highest BCUT2D eigenvalue weighted by molar-refractivity contribution is 9.10. The highest BCUT2D eigenvalue weighted by Crippen LogP contribution is 2.31. The van der Waals surface area contributed by atoms with Gasteiger partial charge in [0.25, 0.3) is 0 Å². The Kier molecular flexibility index (Phi) is 4.05. The van der Waals surface area contributed by atoms with Crippen molar-refractivity contribution in [2.45, 2.75) is 6.54 Å². The van der Waals surface area contributed by atoms with Crippen molar-refractivity contribution >= 4 is 27.5 Å². The van der Waals surface area contributed by atoms with Crippen LogP contribution in [0.4, 0.5) is 0 Å². The van der Waals surface area contributed by atoms with Crippen molar-refractivity contribution < 1.29 is 4.74 Å². The molecule has 0 atom stereocenters. The van der Waals surface area contributed by atoms with Crippen LogP contribution < -0.4 is 10.5 Å². The Hall–Kier alpha value is -1.03. The third kappa shape index (κ3) is 3.22. The van der Waals surface area contributed by atoms with E-state index in [9.17, 15) is 0 Å². The molecule has 2 aromatic rings. The summed E-state index contributed by atoms with van der Waals surface area (Å²) >= 11 is 9.27. The van der Waals surface area contributed by atoms with Gasteiger partial charge in [0.05, 0.1) is 4.47 Å². The highest BCUT2D eigenvalue weighted by Gasteiger charge is 2.03. The van der Waals surface area contributed by atoms with Crippen LogP contribution in [0.5, 0.6) is 11.5 Å². The van der Waals surface area contributed by atoms with Gasteiger partial charge in [-0.15, -0.1) is 0 Å². The molecular weight excluding hydrogens is 302 g/mol. The molecule has 0 saturated carbocycles.